The highest BCUT2D eigenvalue weighted by atomic mass is 32.1. The van der Waals surface area contributed by atoms with Gasteiger partial charge in [0.15, 0.2) is 11.5 Å². The zero-order valence-corrected chi connectivity index (χ0v) is 17.0. The molecule has 0 unspecified atom stereocenters. The highest BCUT2D eigenvalue weighted by Gasteiger charge is 2.40. The molecule has 160 valence electrons. The number of aromatic nitrogens is 6. The van der Waals surface area contributed by atoms with Gasteiger partial charge in [0.1, 0.15) is 11.3 Å². The van der Waals surface area contributed by atoms with Crippen molar-refractivity contribution in [3.63, 3.8) is 0 Å². The third-order valence-electron chi connectivity index (χ3n) is 5.45. The van der Waals surface area contributed by atoms with Crippen LogP contribution in [0.3, 0.4) is 0 Å². The van der Waals surface area contributed by atoms with Gasteiger partial charge in [-0.1, -0.05) is 18.3 Å². The van der Waals surface area contributed by atoms with E-state index in [0.29, 0.717) is 59.8 Å². The Morgan fingerprint density at radius 3 is 2.63 bits per heavy atom. The second kappa shape index (κ2) is 7.15. The number of amides is 1. The molecule has 1 fully saturated rings. The molecule has 3 heterocycles. The summed E-state index contributed by atoms with van der Waals surface area (Å²) in [6.07, 6.45) is -0.435. The fourth-order valence-corrected chi connectivity index (χ4v) is 4.31. The third-order valence-corrected chi connectivity index (χ3v) is 6.33. The fourth-order valence-electron chi connectivity index (χ4n) is 3.70. The van der Waals surface area contributed by atoms with Crippen LogP contribution in [0.1, 0.15) is 49.5 Å². The van der Waals surface area contributed by atoms with Gasteiger partial charge in [-0.15, -0.1) is 10.2 Å². The number of nitrogen functional groups attached to an aromatic ring is 1. The second-order valence-electron chi connectivity index (χ2n) is 7.64. The number of carbonyl (C=O) groups is 1. The van der Waals surface area contributed by atoms with E-state index in [1.807, 2.05) is 4.57 Å². The van der Waals surface area contributed by atoms with E-state index in [-0.39, 0.29) is 17.1 Å². The first-order valence-electron chi connectivity index (χ1n) is 9.26. The van der Waals surface area contributed by atoms with Crippen molar-refractivity contribution in [3.8, 4) is 0 Å². The van der Waals surface area contributed by atoms with E-state index in [1.54, 1.807) is 20.2 Å². The molecule has 0 spiro atoms. The van der Waals surface area contributed by atoms with Crippen LogP contribution in [0.4, 0.5) is 24.1 Å². The molecule has 0 bridgehead atoms. The first-order valence-corrected chi connectivity index (χ1v) is 10.1. The zero-order valence-electron chi connectivity index (χ0n) is 16.2. The fraction of sp³-hybridized carbons (Fsp3) is 0.529. The van der Waals surface area contributed by atoms with Crippen LogP contribution in [0.5, 0.6) is 0 Å². The van der Waals surface area contributed by atoms with Gasteiger partial charge in [-0.05, 0) is 32.6 Å². The Morgan fingerprint density at radius 2 is 2.00 bits per heavy atom. The molecular weight excluding hydrogens is 421 g/mol. The minimum Gasteiger partial charge on any atom is -0.382 e. The highest BCUT2D eigenvalue weighted by molar-refractivity contribution is 7.15. The van der Waals surface area contributed by atoms with E-state index >= 15 is 0 Å². The average molecular weight is 440 g/mol. The molecule has 0 aromatic carbocycles. The summed E-state index contributed by atoms with van der Waals surface area (Å²) in [5, 5.41) is 7.77. The van der Waals surface area contributed by atoms with Crippen molar-refractivity contribution in [1.29, 1.82) is 0 Å². The van der Waals surface area contributed by atoms with Crippen LogP contribution < -0.4 is 11.1 Å². The largest absolute Gasteiger partial charge is 0.445 e. The van der Waals surface area contributed by atoms with E-state index < -0.39 is 16.6 Å². The van der Waals surface area contributed by atoms with Gasteiger partial charge >= 0.3 is 6.18 Å². The molecule has 1 saturated carbocycles. The second-order valence-corrected chi connectivity index (χ2v) is 8.61. The van der Waals surface area contributed by atoms with E-state index in [9.17, 15) is 18.0 Å². The summed E-state index contributed by atoms with van der Waals surface area (Å²) in [4.78, 5) is 25.6. The number of rotatable bonds is 3. The number of alkyl halides is 3. The summed E-state index contributed by atoms with van der Waals surface area (Å²) in [5.41, 5.74) is 6.41. The summed E-state index contributed by atoms with van der Waals surface area (Å²) in [6.45, 7) is 3.56. The van der Waals surface area contributed by atoms with Crippen LogP contribution in [0.2, 0.25) is 0 Å². The van der Waals surface area contributed by atoms with Crippen molar-refractivity contribution in [2.75, 3.05) is 11.1 Å². The van der Waals surface area contributed by atoms with Gasteiger partial charge in [-0.3, -0.25) is 4.79 Å². The molecule has 13 heteroatoms. The SMILES string of the molecule is Cc1nc(N)c2ncn(C3CCC(C)(C(=O)Nc4nnc(C(F)(F)F)s4)CC3)c2n1. The van der Waals surface area contributed by atoms with Crippen molar-refractivity contribution in [2.24, 2.45) is 5.41 Å². The number of carbonyl (C=O) groups excluding carboxylic acids is 1. The Bertz CT molecular complexity index is 1100. The van der Waals surface area contributed by atoms with Crippen molar-refractivity contribution in [3.05, 3.63) is 17.2 Å². The molecular formula is C17H19F3N8OS. The molecule has 1 amide bonds. The number of nitrogens with two attached hydrogens (primary N) is 1. The average Bonchev–Trinajstić information content (AvgIpc) is 3.29. The molecule has 0 aliphatic heterocycles. The smallest absolute Gasteiger partial charge is 0.382 e. The van der Waals surface area contributed by atoms with E-state index in [4.69, 9.17) is 5.73 Å². The van der Waals surface area contributed by atoms with E-state index in [2.05, 4.69) is 30.5 Å². The number of fused-ring (bicyclic) bond motifs is 1. The van der Waals surface area contributed by atoms with Crippen LogP contribution in [0.25, 0.3) is 11.2 Å². The van der Waals surface area contributed by atoms with Gasteiger partial charge in [0.25, 0.3) is 0 Å². The van der Waals surface area contributed by atoms with Crippen LogP contribution in [-0.2, 0) is 11.0 Å². The van der Waals surface area contributed by atoms with Gasteiger partial charge in [0.2, 0.25) is 16.0 Å². The third kappa shape index (κ3) is 3.68. The quantitative estimate of drug-likeness (QED) is 0.640. The molecule has 1 aliphatic rings. The lowest BCUT2D eigenvalue weighted by Gasteiger charge is -2.36. The number of anilines is 2. The monoisotopic (exact) mass is 440 g/mol. The van der Waals surface area contributed by atoms with Crippen LogP contribution >= 0.6 is 11.3 Å². The summed E-state index contributed by atoms with van der Waals surface area (Å²) < 4.78 is 40.0. The molecule has 3 aromatic heterocycles. The van der Waals surface area contributed by atoms with Gasteiger partial charge in [-0.25, -0.2) is 15.0 Å². The Labute approximate surface area is 172 Å². The molecule has 3 aromatic rings. The first-order chi connectivity index (χ1) is 14.1. The molecule has 0 atom stereocenters. The number of hydrogen-bond acceptors (Lipinski definition) is 8. The van der Waals surface area contributed by atoms with Crippen molar-refractivity contribution < 1.29 is 18.0 Å². The number of hydrogen-bond donors (Lipinski definition) is 2. The maximum atomic E-state index is 12.7. The summed E-state index contributed by atoms with van der Waals surface area (Å²) >= 11 is 0.316. The molecule has 0 saturated heterocycles. The Balaban J connectivity index is 1.46. The lowest BCUT2D eigenvalue weighted by atomic mass is 9.73. The summed E-state index contributed by atoms with van der Waals surface area (Å²) in [6, 6.07) is 0.0861. The molecule has 3 N–H and O–H groups in total. The normalized spacial score (nSPS) is 22.4. The molecule has 0 radical (unpaired) electrons. The van der Waals surface area contributed by atoms with Crippen LogP contribution in [-0.4, -0.2) is 35.6 Å². The molecule has 30 heavy (non-hydrogen) atoms. The zero-order chi connectivity index (χ0) is 21.7. The summed E-state index contributed by atoms with van der Waals surface area (Å²) in [5.74, 6) is 0.521. The number of nitrogens with one attached hydrogen (secondary N) is 1. The maximum absolute atomic E-state index is 12.7. The maximum Gasteiger partial charge on any atom is 0.445 e. The molecule has 4 rings (SSSR count). The minimum absolute atomic E-state index is 0.0861. The Hall–Kier alpha value is -2.83. The topological polar surface area (TPSA) is 124 Å². The van der Waals surface area contributed by atoms with Crippen molar-refractivity contribution in [1.82, 2.24) is 29.7 Å². The highest BCUT2D eigenvalue weighted by Crippen LogP contribution is 2.42. The van der Waals surface area contributed by atoms with Crippen molar-refractivity contribution in [2.45, 2.75) is 51.7 Å². The van der Waals surface area contributed by atoms with Gasteiger partial charge in [-0.2, -0.15) is 13.2 Å². The van der Waals surface area contributed by atoms with Gasteiger partial charge in [0.05, 0.1) is 6.33 Å². The minimum atomic E-state index is -4.58. The number of imidazole rings is 1. The molecule has 9 nitrogen and oxygen atoms in total. The van der Waals surface area contributed by atoms with E-state index in [0.717, 1.165) is 0 Å². The Kier molecular flexibility index (Phi) is 4.87. The number of nitrogens with zero attached hydrogens (tertiary/aromatic N) is 6. The lowest BCUT2D eigenvalue weighted by Crippen LogP contribution is -2.37. The van der Waals surface area contributed by atoms with Gasteiger partial charge < -0.3 is 15.6 Å². The summed E-state index contributed by atoms with van der Waals surface area (Å²) in [7, 11) is 0. The lowest BCUT2D eigenvalue weighted by molar-refractivity contribution is -0.138. The van der Waals surface area contributed by atoms with Gasteiger partial charge in [0, 0.05) is 11.5 Å². The van der Waals surface area contributed by atoms with E-state index in [1.165, 1.54) is 0 Å². The predicted octanol–water partition coefficient (Wildman–Crippen LogP) is 3.35. The number of aryl methyl sites for hydroxylation is 1. The Morgan fingerprint density at radius 1 is 1.30 bits per heavy atom. The van der Waals surface area contributed by atoms with Crippen LogP contribution in [0.15, 0.2) is 6.33 Å². The molecule has 1 aliphatic carbocycles. The van der Waals surface area contributed by atoms with Crippen LogP contribution in [0, 0.1) is 12.3 Å². The van der Waals surface area contributed by atoms with Crippen molar-refractivity contribution >= 4 is 39.4 Å². The standard InChI is InChI=1S/C17H19F3N8OS/c1-8-23-11(21)10-12(24-8)28(7-22-10)9-3-5-16(2,6-4-9)13(29)25-15-27-26-14(30-15)17(18,19)20/h7,9H,3-6H2,1-2H3,(H2,21,23,24)(H,25,27,29). The number of halogens is 3. The first kappa shape index (κ1) is 20.4. The predicted molar refractivity (Wildman–Crippen MR) is 104 cm³/mol.